The monoisotopic (exact) mass is 418 g/mol. The van der Waals surface area contributed by atoms with E-state index in [9.17, 15) is 27.6 Å². The maximum atomic E-state index is 13.4. The molecule has 1 aliphatic heterocycles. The average Bonchev–Trinajstić information content (AvgIpc) is 3.47. The first-order valence-corrected chi connectivity index (χ1v) is 10.1. The average molecular weight is 418 g/mol. The first-order chi connectivity index (χ1) is 14.1. The Hall–Kier alpha value is -2.64. The molecule has 4 aliphatic carbocycles. The predicted octanol–water partition coefficient (Wildman–Crippen LogP) is 3.21. The molecule has 3 amide bonds. The second-order valence-electron chi connectivity index (χ2n) is 8.85. The number of carbonyl (C=O) groups excluding carboxylic acids is 3. The van der Waals surface area contributed by atoms with Crippen molar-refractivity contribution in [1.82, 2.24) is 4.90 Å². The summed E-state index contributed by atoms with van der Waals surface area (Å²) < 4.78 is 40.1. The van der Waals surface area contributed by atoms with Crippen molar-refractivity contribution in [2.24, 2.45) is 35.5 Å². The van der Waals surface area contributed by atoms with E-state index >= 15 is 0 Å². The highest BCUT2D eigenvalue weighted by Crippen LogP contribution is 2.65. The summed E-state index contributed by atoms with van der Waals surface area (Å²) in [6, 6.07) is 4.69. The fourth-order valence-electron chi connectivity index (χ4n) is 5.73. The lowest BCUT2D eigenvalue weighted by atomic mass is 9.63. The van der Waals surface area contributed by atoms with Gasteiger partial charge in [0.25, 0.3) is 0 Å². The van der Waals surface area contributed by atoms with Gasteiger partial charge in [0.2, 0.25) is 11.8 Å². The third kappa shape index (κ3) is 2.58. The highest BCUT2D eigenvalue weighted by atomic mass is 19.4. The minimum absolute atomic E-state index is 0.0288. The lowest BCUT2D eigenvalue weighted by molar-refractivity contribution is -0.171. The van der Waals surface area contributed by atoms with Gasteiger partial charge in [0, 0.05) is 5.69 Å². The molecular formula is C22H21F3N2O3. The van der Waals surface area contributed by atoms with E-state index in [-0.39, 0.29) is 17.5 Å². The molecule has 1 aromatic carbocycles. The molecule has 0 radical (unpaired) electrons. The number of likely N-dealkylation sites (tertiary alicyclic amines) is 1. The summed E-state index contributed by atoms with van der Waals surface area (Å²) in [5.74, 6) is -3.31. The van der Waals surface area contributed by atoms with Gasteiger partial charge in [-0.2, -0.15) is 13.2 Å². The van der Waals surface area contributed by atoms with Crippen LogP contribution < -0.4 is 4.90 Å². The van der Waals surface area contributed by atoms with Crippen molar-refractivity contribution in [2.75, 3.05) is 11.6 Å². The molecule has 0 spiro atoms. The van der Waals surface area contributed by atoms with Crippen LogP contribution in [0, 0.1) is 49.4 Å². The standard InChI is InChI=1S/C22H21F3N2O3/c1-10-4-3-5-16(11(10)2)26(21(30)22(23,24)25)9-27-19(28)17-12-6-7-13(15-8-14(12)15)18(17)20(27)29/h3-7,12-15,17-18H,8-9H2,1-2H3/t12-,13-,14-,15+,17+,18+/m1/s1. The predicted molar refractivity (Wildman–Crippen MR) is 101 cm³/mol. The fraction of sp³-hybridized carbons (Fsp3) is 0.500. The number of carbonyl (C=O) groups is 3. The SMILES string of the molecule is Cc1cccc(N(CN2C(=O)[C@H]3[C@@H]4C=C[C@H]([C@@H]5C[C@H]45)[C@@H]3C2=O)C(=O)C(F)(F)F)c1C. The number of anilines is 1. The normalized spacial score (nSPS) is 33.6. The largest absolute Gasteiger partial charge is 0.471 e. The smallest absolute Gasteiger partial charge is 0.286 e. The molecule has 1 aromatic rings. The van der Waals surface area contributed by atoms with Crippen LogP contribution in [0.3, 0.4) is 0 Å². The van der Waals surface area contributed by atoms with E-state index in [1.165, 1.54) is 6.07 Å². The van der Waals surface area contributed by atoms with Crippen molar-refractivity contribution >= 4 is 23.4 Å². The van der Waals surface area contributed by atoms with Crippen LogP contribution in [0.15, 0.2) is 30.4 Å². The quantitative estimate of drug-likeness (QED) is 0.560. The molecule has 0 unspecified atom stereocenters. The van der Waals surface area contributed by atoms with Crippen molar-refractivity contribution < 1.29 is 27.6 Å². The first-order valence-electron chi connectivity index (χ1n) is 10.1. The number of hydrogen-bond acceptors (Lipinski definition) is 3. The van der Waals surface area contributed by atoms with E-state index in [1.807, 2.05) is 12.2 Å². The maximum Gasteiger partial charge on any atom is 0.471 e. The van der Waals surface area contributed by atoms with E-state index in [0.717, 1.165) is 11.3 Å². The van der Waals surface area contributed by atoms with Crippen LogP contribution in [0.2, 0.25) is 0 Å². The summed E-state index contributed by atoms with van der Waals surface area (Å²) in [6.07, 6.45) is -0.135. The highest BCUT2D eigenvalue weighted by molar-refractivity contribution is 6.07. The summed E-state index contributed by atoms with van der Waals surface area (Å²) in [7, 11) is 0. The molecular weight excluding hydrogens is 397 g/mol. The Labute approximate surface area is 171 Å². The van der Waals surface area contributed by atoms with E-state index in [0.29, 0.717) is 27.9 Å². The van der Waals surface area contributed by atoms with Crippen molar-refractivity contribution in [3.05, 3.63) is 41.5 Å². The van der Waals surface area contributed by atoms with Gasteiger partial charge >= 0.3 is 12.1 Å². The van der Waals surface area contributed by atoms with Gasteiger partial charge < -0.3 is 0 Å². The number of hydrogen-bond donors (Lipinski definition) is 0. The van der Waals surface area contributed by atoms with E-state index in [2.05, 4.69) is 0 Å². The van der Waals surface area contributed by atoms with Gasteiger partial charge in [0.1, 0.15) is 6.67 Å². The van der Waals surface area contributed by atoms with Crippen LogP contribution in [0.25, 0.3) is 0 Å². The molecule has 158 valence electrons. The van der Waals surface area contributed by atoms with Gasteiger partial charge in [-0.1, -0.05) is 24.3 Å². The van der Waals surface area contributed by atoms with E-state index in [1.54, 1.807) is 26.0 Å². The zero-order chi connectivity index (χ0) is 21.5. The fourth-order valence-corrected chi connectivity index (χ4v) is 5.73. The molecule has 0 aromatic heterocycles. The number of rotatable bonds is 3. The second-order valence-corrected chi connectivity index (χ2v) is 8.85. The Morgan fingerprint density at radius 2 is 1.63 bits per heavy atom. The molecule has 3 fully saturated rings. The van der Waals surface area contributed by atoms with Gasteiger partial charge in [-0.15, -0.1) is 0 Å². The summed E-state index contributed by atoms with van der Waals surface area (Å²) in [6.45, 7) is 2.62. The van der Waals surface area contributed by atoms with E-state index < -0.39 is 42.4 Å². The number of amides is 3. The molecule has 5 nitrogen and oxygen atoms in total. The first kappa shape index (κ1) is 19.3. The number of aryl methyl sites for hydroxylation is 1. The number of nitrogens with zero attached hydrogens (tertiary/aromatic N) is 2. The number of alkyl halides is 3. The summed E-state index contributed by atoms with van der Waals surface area (Å²) in [5.41, 5.74) is 1.26. The van der Waals surface area contributed by atoms with Crippen LogP contribution in [0.1, 0.15) is 17.5 Å². The Bertz CT molecular complexity index is 966. The molecule has 2 saturated carbocycles. The molecule has 8 heteroatoms. The molecule has 1 heterocycles. The molecule has 2 bridgehead atoms. The van der Waals surface area contributed by atoms with Gasteiger partial charge in [0.15, 0.2) is 0 Å². The van der Waals surface area contributed by atoms with Gasteiger partial charge in [-0.25, -0.2) is 0 Å². The third-order valence-corrected chi connectivity index (χ3v) is 7.39. The van der Waals surface area contributed by atoms with Crippen LogP contribution >= 0.6 is 0 Å². The molecule has 0 N–H and O–H groups in total. The molecule has 30 heavy (non-hydrogen) atoms. The minimum Gasteiger partial charge on any atom is -0.286 e. The Kier molecular flexibility index (Phi) is 3.98. The lowest BCUT2D eigenvalue weighted by Crippen LogP contribution is -2.49. The minimum atomic E-state index is -5.13. The Morgan fingerprint density at radius 1 is 1.07 bits per heavy atom. The van der Waals surface area contributed by atoms with Crippen LogP contribution in [-0.2, 0) is 14.4 Å². The number of benzene rings is 1. The molecule has 5 aliphatic rings. The zero-order valence-corrected chi connectivity index (χ0v) is 16.5. The Balaban J connectivity index is 1.50. The molecule has 1 saturated heterocycles. The van der Waals surface area contributed by atoms with Crippen LogP contribution in [0.5, 0.6) is 0 Å². The van der Waals surface area contributed by atoms with Gasteiger partial charge in [-0.05, 0) is 61.1 Å². The highest BCUT2D eigenvalue weighted by Gasteiger charge is 2.67. The van der Waals surface area contributed by atoms with Crippen LogP contribution in [-0.4, -0.2) is 35.5 Å². The van der Waals surface area contributed by atoms with Crippen molar-refractivity contribution in [2.45, 2.75) is 26.4 Å². The maximum absolute atomic E-state index is 13.4. The Morgan fingerprint density at radius 3 is 2.17 bits per heavy atom. The number of halogens is 3. The summed E-state index contributed by atoms with van der Waals surface area (Å²) in [4.78, 5) is 40.0. The van der Waals surface area contributed by atoms with E-state index in [4.69, 9.17) is 0 Å². The van der Waals surface area contributed by atoms with Crippen molar-refractivity contribution in [1.29, 1.82) is 0 Å². The molecule has 6 rings (SSSR count). The second kappa shape index (κ2) is 6.18. The topological polar surface area (TPSA) is 57.7 Å². The molecule has 6 atom stereocenters. The lowest BCUT2D eigenvalue weighted by Gasteiger charge is -2.37. The van der Waals surface area contributed by atoms with Crippen molar-refractivity contribution in [3.8, 4) is 0 Å². The van der Waals surface area contributed by atoms with Gasteiger partial charge in [-0.3, -0.25) is 24.2 Å². The van der Waals surface area contributed by atoms with Crippen molar-refractivity contribution in [3.63, 3.8) is 0 Å². The number of allylic oxidation sites excluding steroid dienone is 2. The summed E-state index contributed by atoms with van der Waals surface area (Å²) in [5, 5.41) is 0. The number of imide groups is 1. The zero-order valence-electron chi connectivity index (χ0n) is 16.5. The van der Waals surface area contributed by atoms with Crippen LogP contribution in [0.4, 0.5) is 18.9 Å². The van der Waals surface area contributed by atoms with Gasteiger partial charge in [0.05, 0.1) is 11.8 Å². The third-order valence-electron chi connectivity index (χ3n) is 7.39. The summed E-state index contributed by atoms with van der Waals surface area (Å²) >= 11 is 0.